The summed E-state index contributed by atoms with van der Waals surface area (Å²) in [4.78, 5) is 0. The summed E-state index contributed by atoms with van der Waals surface area (Å²) in [6.45, 7) is 19.0. The van der Waals surface area contributed by atoms with Gasteiger partial charge in [0, 0.05) is 0 Å². The highest BCUT2D eigenvalue weighted by atomic mass is 14.5. The van der Waals surface area contributed by atoms with E-state index in [2.05, 4.69) is 41.5 Å². The van der Waals surface area contributed by atoms with Crippen LogP contribution in [0.4, 0.5) is 0 Å². The van der Waals surface area contributed by atoms with Gasteiger partial charge in [-0.15, -0.1) is 0 Å². The molecule has 0 radical (unpaired) electrons. The second-order valence-corrected chi connectivity index (χ2v) is 10.7. The Morgan fingerprint density at radius 2 is 1.24 bits per heavy atom. The van der Waals surface area contributed by atoms with Gasteiger partial charge in [-0.1, -0.05) is 120 Å². The third kappa shape index (κ3) is 7.57. The zero-order valence-corrected chi connectivity index (χ0v) is 21.8. The Morgan fingerprint density at radius 3 is 1.72 bits per heavy atom. The number of hydrogen-bond donors (Lipinski definition) is 0. The molecule has 2 fully saturated rings. The van der Waals surface area contributed by atoms with Crippen molar-refractivity contribution in [2.24, 2.45) is 47.3 Å². The highest BCUT2D eigenvalue weighted by Gasteiger charge is 2.42. The maximum Gasteiger partial charge on any atom is -0.0329 e. The second-order valence-electron chi connectivity index (χ2n) is 10.7. The molecule has 0 aromatic carbocycles. The van der Waals surface area contributed by atoms with Crippen LogP contribution in [0.3, 0.4) is 0 Å². The van der Waals surface area contributed by atoms with Crippen LogP contribution in [-0.2, 0) is 0 Å². The van der Waals surface area contributed by atoms with E-state index in [0.717, 1.165) is 47.3 Å². The summed E-state index contributed by atoms with van der Waals surface area (Å²) in [5.74, 6) is 7.98. The summed E-state index contributed by atoms with van der Waals surface area (Å²) in [6, 6.07) is 0. The Kier molecular flexibility index (Phi) is 13.9. The minimum absolute atomic E-state index is 0.958. The van der Waals surface area contributed by atoms with Crippen molar-refractivity contribution in [1.29, 1.82) is 0 Å². The van der Waals surface area contributed by atoms with E-state index in [1.165, 1.54) is 83.5 Å². The van der Waals surface area contributed by atoms with Crippen molar-refractivity contribution in [3.8, 4) is 0 Å². The van der Waals surface area contributed by atoms with Crippen LogP contribution in [0.25, 0.3) is 0 Å². The van der Waals surface area contributed by atoms with Gasteiger partial charge in [-0.25, -0.2) is 0 Å². The van der Waals surface area contributed by atoms with Crippen LogP contribution in [-0.4, -0.2) is 0 Å². The monoisotopic (exact) mass is 406 g/mol. The molecule has 0 aliphatic heterocycles. The van der Waals surface area contributed by atoms with Gasteiger partial charge in [0.05, 0.1) is 0 Å². The molecule has 29 heavy (non-hydrogen) atoms. The topological polar surface area (TPSA) is 0 Å². The Balaban J connectivity index is 0.00000204. The van der Waals surface area contributed by atoms with Crippen molar-refractivity contribution < 1.29 is 0 Å². The van der Waals surface area contributed by atoms with E-state index in [9.17, 15) is 0 Å². The Labute approximate surface area is 186 Å². The van der Waals surface area contributed by atoms with E-state index in [1.54, 1.807) is 0 Å². The van der Waals surface area contributed by atoms with Crippen molar-refractivity contribution in [1.82, 2.24) is 0 Å². The van der Waals surface area contributed by atoms with Gasteiger partial charge in [0.15, 0.2) is 0 Å². The molecule has 0 N–H and O–H groups in total. The molecule has 0 nitrogen and oxygen atoms in total. The fraction of sp³-hybridized carbons (Fsp3) is 1.00. The summed E-state index contributed by atoms with van der Waals surface area (Å²) in [5.41, 5.74) is 0. The van der Waals surface area contributed by atoms with Gasteiger partial charge in [-0.05, 0) is 66.6 Å². The molecule has 5 atom stereocenters. The van der Waals surface area contributed by atoms with Crippen molar-refractivity contribution >= 4 is 0 Å². The Bertz CT molecular complexity index is 371. The smallest absolute Gasteiger partial charge is 0.0329 e. The SMILES string of the molecule is CC.CCCC(CCC)C1CCCC(C)C(C2CCC(C)CC2)C(CC)C1CC. The summed E-state index contributed by atoms with van der Waals surface area (Å²) in [5, 5.41) is 0. The molecule has 2 rings (SSSR count). The third-order valence-electron chi connectivity index (χ3n) is 8.92. The number of hydrogen-bond acceptors (Lipinski definition) is 0. The molecule has 0 aromatic rings. The predicted molar refractivity (Wildman–Crippen MR) is 133 cm³/mol. The first-order valence-corrected chi connectivity index (χ1v) is 14.1. The van der Waals surface area contributed by atoms with Gasteiger partial charge in [0.1, 0.15) is 0 Å². The largest absolute Gasteiger partial charge is 0.0683 e. The number of rotatable bonds is 8. The van der Waals surface area contributed by atoms with Gasteiger partial charge in [-0.2, -0.15) is 0 Å². The van der Waals surface area contributed by atoms with Gasteiger partial charge in [0.25, 0.3) is 0 Å². The van der Waals surface area contributed by atoms with Crippen molar-refractivity contribution in [2.45, 2.75) is 139 Å². The van der Waals surface area contributed by atoms with E-state index < -0.39 is 0 Å². The first-order chi connectivity index (χ1) is 14.1. The van der Waals surface area contributed by atoms with Gasteiger partial charge >= 0.3 is 0 Å². The molecule has 0 heteroatoms. The lowest BCUT2D eigenvalue weighted by Crippen LogP contribution is -2.41. The standard InChI is InChI=1S/C27H52.C2H6/c1-7-12-22(13-8-2)26-15-11-14-21(6)27(25(10-4)24(26)9-3)23-18-16-20(5)17-19-23;1-2/h20-27H,7-19H2,1-6H3;1-2H3. The maximum absolute atomic E-state index is 2.63. The van der Waals surface area contributed by atoms with Crippen molar-refractivity contribution in [3.63, 3.8) is 0 Å². The van der Waals surface area contributed by atoms with Crippen LogP contribution in [0.15, 0.2) is 0 Å². The van der Waals surface area contributed by atoms with Crippen LogP contribution in [0.1, 0.15) is 139 Å². The first-order valence-electron chi connectivity index (χ1n) is 14.1. The maximum atomic E-state index is 2.63. The molecular formula is C29H58. The lowest BCUT2D eigenvalue weighted by molar-refractivity contribution is 0.00782. The Hall–Kier alpha value is 0. The molecule has 0 aromatic heterocycles. The fourth-order valence-corrected chi connectivity index (χ4v) is 7.67. The van der Waals surface area contributed by atoms with Gasteiger partial charge in [-0.3, -0.25) is 0 Å². The minimum atomic E-state index is 0.958. The fourth-order valence-electron chi connectivity index (χ4n) is 7.67. The average molecular weight is 407 g/mol. The predicted octanol–water partition coefficient (Wildman–Crippen LogP) is 10.2. The lowest BCUT2D eigenvalue weighted by Gasteiger charge is -2.49. The summed E-state index contributed by atoms with van der Waals surface area (Å²) < 4.78 is 0. The van der Waals surface area contributed by atoms with E-state index in [1.807, 2.05) is 13.8 Å². The van der Waals surface area contributed by atoms with Crippen LogP contribution < -0.4 is 0 Å². The van der Waals surface area contributed by atoms with Crippen molar-refractivity contribution in [2.75, 3.05) is 0 Å². The highest BCUT2D eigenvalue weighted by Crippen LogP contribution is 2.51. The molecule has 0 bridgehead atoms. The molecule has 2 aliphatic carbocycles. The van der Waals surface area contributed by atoms with Crippen LogP contribution in [0, 0.1) is 47.3 Å². The second kappa shape index (κ2) is 14.9. The van der Waals surface area contributed by atoms with Gasteiger partial charge in [0.2, 0.25) is 0 Å². The summed E-state index contributed by atoms with van der Waals surface area (Å²) in [6.07, 6.45) is 19.2. The Morgan fingerprint density at radius 1 is 0.690 bits per heavy atom. The van der Waals surface area contributed by atoms with Crippen LogP contribution in [0.5, 0.6) is 0 Å². The molecule has 0 heterocycles. The zero-order valence-electron chi connectivity index (χ0n) is 21.8. The van der Waals surface area contributed by atoms with E-state index in [4.69, 9.17) is 0 Å². The molecule has 174 valence electrons. The normalized spacial score (nSPS) is 36.1. The average Bonchev–Trinajstić information content (AvgIpc) is 2.73. The van der Waals surface area contributed by atoms with E-state index >= 15 is 0 Å². The first kappa shape index (κ1) is 27.0. The van der Waals surface area contributed by atoms with Gasteiger partial charge < -0.3 is 0 Å². The molecule has 0 spiro atoms. The van der Waals surface area contributed by atoms with Crippen molar-refractivity contribution in [3.05, 3.63) is 0 Å². The van der Waals surface area contributed by atoms with E-state index in [0.29, 0.717) is 0 Å². The zero-order chi connectivity index (χ0) is 21.8. The summed E-state index contributed by atoms with van der Waals surface area (Å²) in [7, 11) is 0. The quantitative estimate of drug-likeness (QED) is 0.376. The molecule has 2 saturated carbocycles. The van der Waals surface area contributed by atoms with Crippen LogP contribution >= 0.6 is 0 Å². The lowest BCUT2D eigenvalue weighted by atomic mass is 9.57. The van der Waals surface area contributed by atoms with Crippen LogP contribution in [0.2, 0.25) is 0 Å². The molecule has 0 saturated heterocycles. The van der Waals surface area contributed by atoms with E-state index in [-0.39, 0.29) is 0 Å². The molecule has 5 unspecified atom stereocenters. The molecular weight excluding hydrogens is 348 g/mol. The molecule has 0 amide bonds. The minimum Gasteiger partial charge on any atom is -0.0683 e. The summed E-state index contributed by atoms with van der Waals surface area (Å²) >= 11 is 0. The third-order valence-corrected chi connectivity index (χ3v) is 8.92. The highest BCUT2D eigenvalue weighted by molar-refractivity contribution is 4.92. The molecule has 2 aliphatic rings.